The first-order chi connectivity index (χ1) is 15.5. The number of rotatable bonds is 7. The largest absolute Gasteiger partial charge is 0.508 e. The van der Waals surface area contributed by atoms with Gasteiger partial charge < -0.3 is 10.4 Å². The number of nitrogens with one attached hydrogen (secondary N) is 1. The van der Waals surface area contributed by atoms with E-state index in [1.54, 1.807) is 30.5 Å². The molecule has 1 aliphatic rings. The molecule has 6 heteroatoms. The van der Waals surface area contributed by atoms with E-state index in [1.807, 2.05) is 24.3 Å². The molecule has 0 unspecified atom stereocenters. The Morgan fingerprint density at radius 3 is 2.66 bits per heavy atom. The van der Waals surface area contributed by atoms with Crippen LogP contribution < -0.4 is 5.32 Å². The van der Waals surface area contributed by atoms with Crippen molar-refractivity contribution in [3.05, 3.63) is 77.5 Å². The average Bonchev–Trinajstić information content (AvgIpc) is 2.79. The Morgan fingerprint density at radius 2 is 1.84 bits per heavy atom. The van der Waals surface area contributed by atoms with Gasteiger partial charge in [0.2, 0.25) is 0 Å². The number of benzene rings is 2. The van der Waals surface area contributed by atoms with Crippen molar-refractivity contribution in [2.24, 2.45) is 0 Å². The second kappa shape index (κ2) is 10.2. The monoisotopic (exact) mass is 434 g/mol. The van der Waals surface area contributed by atoms with Crippen LogP contribution in [0.1, 0.15) is 37.2 Å². The molecule has 2 heterocycles. The summed E-state index contributed by atoms with van der Waals surface area (Å²) >= 11 is 0. The van der Waals surface area contributed by atoms with Crippen LogP contribution in [0, 0.1) is 5.82 Å². The predicted octanol–water partition coefficient (Wildman–Crippen LogP) is 4.35. The number of aromatic nitrogens is 2. The van der Waals surface area contributed by atoms with Crippen LogP contribution in [0.4, 0.5) is 4.39 Å². The van der Waals surface area contributed by atoms with E-state index >= 15 is 0 Å². The fourth-order valence-corrected chi connectivity index (χ4v) is 4.20. The number of aryl methyl sites for hydroxylation is 2. The number of hydrogen-bond acceptors (Lipinski definition) is 5. The van der Waals surface area contributed by atoms with Gasteiger partial charge in [0.15, 0.2) is 0 Å². The van der Waals surface area contributed by atoms with E-state index in [2.05, 4.69) is 34.0 Å². The summed E-state index contributed by atoms with van der Waals surface area (Å²) in [4.78, 5) is 11.5. The minimum Gasteiger partial charge on any atom is -0.508 e. The zero-order valence-electron chi connectivity index (χ0n) is 18.8. The Balaban J connectivity index is 1.44. The Labute approximate surface area is 189 Å². The summed E-state index contributed by atoms with van der Waals surface area (Å²) < 4.78 is 14.7. The van der Waals surface area contributed by atoms with Crippen molar-refractivity contribution in [1.29, 1.82) is 0 Å². The van der Waals surface area contributed by atoms with Gasteiger partial charge in [0, 0.05) is 49.9 Å². The summed E-state index contributed by atoms with van der Waals surface area (Å²) in [5.74, 6) is 0.731. The zero-order chi connectivity index (χ0) is 22.5. The van der Waals surface area contributed by atoms with Crippen molar-refractivity contribution < 1.29 is 9.50 Å². The van der Waals surface area contributed by atoms with E-state index in [0.717, 1.165) is 49.4 Å². The number of halogens is 1. The smallest absolute Gasteiger partial charge is 0.132 e. The summed E-state index contributed by atoms with van der Waals surface area (Å²) in [7, 11) is 0. The predicted molar refractivity (Wildman–Crippen MR) is 125 cm³/mol. The minimum absolute atomic E-state index is 0.260. The van der Waals surface area contributed by atoms with E-state index in [4.69, 9.17) is 0 Å². The lowest BCUT2D eigenvalue weighted by Gasteiger charge is -2.37. The second-order valence-electron chi connectivity index (χ2n) is 8.78. The second-order valence-corrected chi connectivity index (χ2v) is 8.78. The van der Waals surface area contributed by atoms with Crippen molar-refractivity contribution in [3.8, 4) is 17.0 Å². The van der Waals surface area contributed by atoms with Crippen molar-refractivity contribution in [2.75, 3.05) is 13.1 Å². The van der Waals surface area contributed by atoms with Crippen LogP contribution in [0.25, 0.3) is 11.3 Å². The SMILES string of the molecule is C[C@@H]1CN(Cc2ccc(F)c(-c3ccnc(CCCc4ccc(O)cc4)n3)c2)[C@@H](C)CN1. The number of hydrogen-bond donors (Lipinski definition) is 2. The molecule has 32 heavy (non-hydrogen) atoms. The van der Waals surface area contributed by atoms with E-state index in [9.17, 15) is 9.50 Å². The van der Waals surface area contributed by atoms with Crippen LogP contribution in [-0.2, 0) is 19.4 Å². The first-order valence-electron chi connectivity index (χ1n) is 11.3. The fourth-order valence-electron chi connectivity index (χ4n) is 4.20. The summed E-state index contributed by atoms with van der Waals surface area (Å²) in [6.07, 6.45) is 4.19. The van der Waals surface area contributed by atoms with Gasteiger partial charge in [-0.25, -0.2) is 14.4 Å². The average molecular weight is 435 g/mol. The number of aromatic hydroxyl groups is 1. The topological polar surface area (TPSA) is 61.3 Å². The maximum atomic E-state index is 14.7. The lowest BCUT2D eigenvalue weighted by atomic mass is 10.0. The summed E-state index contributed by atoms with van der Waals surface area (Å²) in [6.45, 7) is 7.16. The highest BCUT2D eigenvalue weighted by molar-refractivity contribution is 5.60. The van der Waals surface area contributed by atoms with Crippen LogP contribution in [0.5, 0.6) is 5.75 Å². The third-order valence-corrected chi connectivity index (χ3v) is 6.09. The number of nitrogens with zero attached hydrogens (tertiary/aromatic N) is 3. The van der Waals surface area contributed by atoms with Gasteiger partial charge in [-0.1, -0.05) is 18.2 Å². The first kappa shape index (κ1) is 22.4. The van der Waals surface area contributed by atoms with Gasteiger partial charge in [-0.05, 0) is 68.1 Å². The van der Waals surface area contributed by atoms with Gasteiger partial charge in [0.05, 0.1) is 5.69 Å². The molecule has 1 aromatic heterocycles. The molecule has 1 saturated heterocycles. The number of phenols is 1. The third-order valence-electron chi connectivity index (χ3n) is 6.09. The molecule has 0 radical (unpaired) electrons. The minimum atomic E-state index is -0.260. The van der Waals surface area contributed by atoms with E-state index in [0.29, 0.717) is 29.8 Å². The molecule has 2 N–H and O–H groups in total. The molecule has 168 valence electrons. The lowest BCUT2D eigenvalue weighted by Crippen LogP contribution is -2.53. The van der Waals surface area contributed by atoms with Gasteiger partial charge >= 0.3 is 0 Å². The molecular weight excluding hydrogens is 403 g/mol. The number of phenolic OH excluding ortho intramolecular Hbond substituents is 1. The molecule has 0 spiro atoms. The standard InChI is InChI=1S/C26H31FN4O/c1-18-16-31(19(2)15-29-18)17-21-8-11-24(27)23(14-21)25-12-13-28-26(30-25)5-3-4-20-6-9-22(32)10-7-20/h6-14,18-19,29,32H,3-5,15-17H2,1-2H3/t18-,19+/m1/s1. The zero-order valence-corrected chi connectivity index (χ0v) is 18.8. The van der Waals surface area contributed by atoms with Crippen molar-refractivity contribution in [1.82, 2.24) is 20.2 Å². The van der Waals surface area contributed by atoms with Crippen LogP contribution in [0.3, 0.4) is 0 Å². The molecular formula is C26H31FN4O. The highest BCUT2D eigenvalue weighted by Gasteiger charge is 2.22. The van der Waals surface area contributed by atoms with Gasteiger partial charge in [-0.3, -0.25) is 4.90 Å². The highest BCUT2D eigenvalue weighted by Crippen LogP contribution is 2.24. The highest BCUT2D eigenvalue weighted by atomic mass is 19.1. The molecule has 3 aromatic rings. The molecule has 2 atom stereocenters. The molecule has 0 bridgehead atoms. The maximum absolute atomic E-state index is 14.7. The molecule has 0 saturated carbocycles. The quantitative estimate of drug-likeness (QED) is 0.579. The van der Waals surface area contributed by atoms with Crippen LogP contribution in [0.2, 0.25) is 0 Å². The van der Waals surface area contributed by atoms with Crippen LogP contribution in [-0.4, -0.2) is 45.1 Å². The normalized spacial score (nSPS) is 19.2. The Bertz CT molecular complexity index is 1040. The molecule has 1 aliphatic heterocycles. The van der Waals surface area contributed by atoms with Crippen molar-refractivity contribution in [2.45, 2.75) is 51.7 Å². The van der Waals surface area contributed by atoms with E-state index in [1.165, 1.54) is 0 Å². The Morgan fingerprint density at radius 1 is 1.06 bits per heavy atom. The van der Waals surface area contributed by atoms with Gasteiger partial charge in [-0.15, -0.1) is 0 Å². The van der Waals surface area contributed by atoms with E-state index < -0.39 is 0 Å². The lowest BCUT2D eigenvalue weighted by molar-refractivity contribution is 0.139. The van der Waals surface area contributed by atoms with Crippen LogP contribution in [0.15, 0.2) is 54.7 Å². The van der Waals surface area contributed by atoms with Crippen LogP contribution >= 0.6 is 0 Å². The van der Waals surface area contributed by atoms with Crippen molar-refractivity contribution in [3.63, 3.8) is 0 Å². The van der Waals surface area contributed by atoms with Crippen molar-refractivity contribution >= 4 is 0 Å². The molecule has 1 fully saturated rings. The first-order valence-corrected chi connectivity index (χ1v) is 11.3. The molecule has 0 amide bonds. The molecule has 4 rings (SSSR count). The van der Waals surface area contributed by atoms with E-state index in [-0.39, 0.29) is 11.6 Å². The molecule has 0 aliphatic carbocycles. The number of piperazine rings is 1. The summed E-state index contributed by atoms with van der Waals surface area (Å²) in [5.41, 5.74) is 3.41. The van der Waals surface area contributed by atoms with Gasteiger partial charge in [-0.2, -0.15) is 0 Å². The van der Waals surface area contributed by atoms with Gasteiger partial charge in [0.25, 0.3) is 0 Å². The summed E-state index contributed by atoms with van der Waals surface area (Å²) in [6, 6.07) is 15.3. The molecule has 2 aromatic carbocycles. The third kappa shape index (κ3) is 5.69. The van der Waals surface area contributed by atoms with Gasteiger partial charge in [0.1, 0.15) is 17.4 Å². The summed E-state index contributed by atoms with van der Waals surface area (Å²) in [5, 5.41) is 12.9. The molecule has 5 nitrogen and oxygen atoms in total. The maximum Gasteiger partial charge on any atom is 0.132 e. The Hall–Kier alpha value is -2.83. The Kier molecular flexibility index (Phi) is 7.12. The fraction of sp³-hybridized carbons (Fsp3) is 0.385.